The van der Waals surface area contributed by atoms with Crippen molar-refractivity contribution in [3.8, 4) is 0 Å². The van der Waals surface area contributed by atoms with E-state index in [4.69, 9.17) is 9.15 Å². The standard InChI is InChI=1S/C21H19NO5/c1-13-8-9-17-16(11-19(23)27-18(17)10-13)12-26-21(25)14(2)22-20(24)15-6-4-3-5-7-15/h3-11,14H,12H2,1-2H3,(H,22,24)/t14-/m1/s1. The molecule has 6 nitrogen and oxygen atoms in total. The van der Waals surface area contributed by atoms with Crippen LogP contribution in [0, 0.1) is 6.92 Å². The second kappa shape index (κ2) is 7.86. The summed E-state index contributed by atoms with van der Waals surface area (Å²) in [6, 6.07) is 14.5. The van der Waals surface area contributed by atoms with Gasteiger partial charge >= 0.3 is 11.6 Å². The molecule has 1 aromatic heterocycles. The van der Waals surface area contributed by atoms with Gasteiger partial charge < -0.3 is 14.5 Å². The van der Waals surface area contributed by atoms with Crippen molar-refractivity contribution in [3.63, 3.8) is 0 Å². The van der Waals surface area contributed by atoms with E-state index in [2.05, 4.69) is 5.32 Å². The highest BCUT2D eigenvalue weighted by molar-refractivity contribution is 5.96. The summed E-state index contributed by atoms with van der Waals surface area (Å²) in [7, 11) is 0. The van der Waals surface area contributed by atoms with E-state index in [1.807, 2.05) is 19.1 Å². The molecule has 0 aliphatic heterocycles. The first-order valence-corrected chi connectivity index (χ1v) is 8.50. The Morgan fingerprint density at radius 1 is 1.11 bits per heavy atom. The van der Waals surface area contributed by atoms with Gasteiger partial charge in [0.1, 0.15) is 18.2 Å². The summed E-state index contributed by atoms with van der Waals surface area (Å²) in [6.45, 7) is 3.35. The van der Waals surface area contributed by atoms with Gasteiger partial charge in [0.25, 0.3) is 5.91 Å². The number of benzene rings is 2. The molecule has 3 aromatic rings. The molecule has 1 N–H and O–H groups in total. The van der Waals surface area contributed by atoms with E-state index in [0.29, 0.717) is 22.1 Å². The van der Waals surface area contributed by atoms with Crippen molar-refractivity contribution < 1.29 is 18.7 Å². The van der Waals surface area contributed by atoms with E-state index in [9.17, 15) is 14.4 Å². The molecule has 1 amide bonds. The minimum Gasteiger partial charge on any atom is -0.459 e. The minimum atomic E-state index is -0.827. The maximum atomic E-state index is 12.2. The third-order valence-electron chi connectivity index (χ3n) is 4.09. The predicted molar refractivity (Wildman–Crippen MR) is 100 cm³/mol. The second-order valence-electron chi connectivity index (χ2n) is 6.26. The summed E-state index contributed by atoms with van der Waals surface area (Å²) >= 11 is 0. The molecule has 138 valence electrons. The van der Waals surface area contributed by atoms with Gasteiger partial charge in [-0.1, -0.05) is 30.3 Å². The first kappa shape index (κ1) is 18.4. The van der Waals surface area contributed by atoms with Crippen LogP contribution in [0.25, 0.3) is 11.0 Å². The van der Waals surface area contributed by atoms with Gasteiger partial charge in [0.2, 0.25) is 0 Å². The third kappa shape index (κ3) is 4.41. The number of amides is 1. The number of nitrogens with one attached hydrogen (secondary N) is 1. The Morgan fingerprint density at radius 3 is 2.59 bits per heavy atom. The highest BCUT2D eigenvalue weighted by atomic mass is 16.5. The zero-order chi connectivity index (χ0) is 19.4. The van der Waals surface area contributed by atoms with Crippen molar-refractivity contribution >= 4 is 22.8 Å². The fourth-order valence-electron chi connectivity index (χ4n) is 2.66. The molecule has 1 atom stereocenters. The Kier molecular flexibility index (Phi) is 5.35. The van der Waals surface area contributed by atoms with Crippen LogP contribution in [0.1, 0.15) is 28.4 Å². The Hall–Kier alpha value is -3.41. The van der Waals surface area contributed by atoms with E-state index in [1.165, 1.54) is 6.07 Å². The number of aryl methyl sites for hydroxylation is 1. The second-order valence-corrected chi connectivity index (χ2v) is 6.26. The third-order valence-corrected chi connectivity index (χ3v) is 4.09. The van der Waals surface area contributed by atoms with Gasteiger partial charge in [-0.05, 0) is 37.6 Å². The average Bonchev–Trinajstić information content (AvgIpc) is 2.65. The van der Waals surface area contributed by atoms with Gasteiger partial charge in [-0.2, -0.15) is 0 Å². The van der Waals surface area contributed by atoms with Crippen LogP contribution in [0.2, 0.25) is 0 Å². The predicted octanol–water partition coefficient (Wildman–Crippen LogP) is 2.96. The van der Waals surface area contributed by atoms with Gasteiger partial charge in [-0.15, -0.1) is 0 Å². The molecule has 0 saturated carbocycles. The lowest BCUT2D eigenvalue weighted by Gasteiger charge is -2.14. The lowest BCUT2D eigenvalue weighted by molar-refractivity contribution is -0.146. The zero-order valence-electron chi connectivity index (χ0n) is 15.0. The fourth-order valence-corrected chi connectivity index (χ4v) is 2.66. The molecular formula is C21H19NO5. The summed E-state index contributed by atoms with van der Waals surface area (Å²) in [5, 5.41) is 3.30. The zero-order valence-corrected chi connectivity index (χ0v) is 15.0. The molecular weight excluding hydrogens is 346 g/mol. The molecule has 1 heterocycles. The van der Waals surface area contributed by atoms with Crippen LogP contribution in [-0.2, 0) is 16.1 Å². The molecule has 0 aliphatic carbocycles. The number of carbonyl (C=O) groups excluding carboxylic acids is 2. The summed E-state index contributed by atoms with van der Waals surface area (Å²) in [5.41, 5.74) is 1.90. The lowest BCUT2D eigenvalue weighted by atomic mass is 10.1. The van der Waals surface area contributed by atoms with E-state index in [-0.39, 0.29) is 12.5 Å². The van der Waals surface area contributed by atoms with Crippen LogP contribution in [0.3, 0.4) is 0 Å². The number of ether oxygens (including phenoxy) is 1. The van der Waals surface area contributed by atoms with Crippen molar-refractivity contribution in [2.45, 2.75) is 26.5 Å². The summed E-state index contributed by atoms with van der Waals surface area (Å²) in [4.78, 5) is 36.1. The highest BCUT2D eigenvalue weighted by Gasteiger charge is 2.18. The van der Waals surface area contributed by atoms with Crippen LogP contribution in [0.4, 0.5) is 0 Å². The Balaban J connectivity index is 1.68. The molecule has 3 rings (SSSR count). The van der Waals surface area contributed by atoms with Gasteiger partial charge in [0.15, 0.2) is 0 Å². The number of fused-ring (bicyclic) bond motifs is 1. The summed E-state index contributed by atoms with van der Waals surface area (Å²) in [5.74, 6) is -0.950. The fraction of sp³-hybridized carbons (Fsp3) is 0.190. The Morgan fingerprint density at radius 2 is 1.85 bits per heavy atom. The molecule has 0 spiro atoms. The molecule has 0 bridgehead atoms. The van der Waals surface area contributed by atoms with Gasteiger partial charge in [-0.3, -0.25) is 4.79 Å². The lowest BCUT2D eigenvalue weighted by Crippen LogP contribution is -2.39. The van der Waals surface area contributed by atoms with Crippen molar-refractivity contribution in [3.05, 3.63) is 81.7 Å². The topological polar surface area (TPSA) is 85.6 Å². The van der Waals surface area contributed by atoms with Crippen molar-refractivity contribution in [1.82, 2.24) is 5.32 Å². The maximum Gasteiger partial charge on any atom is 0.336 e. The van der Waals surface area contributed by atoms with Crippen LogP contribution < -0.4 is 10.9 Å². The number of esters is 1. The van der Waals surface area contributed by atoms with Crippen LogP contribution in [0.15, 0.2) is 63.8 Å². The number of carbonyl (C=O) groups is 2. The van der Waals surface area contributed by atoms with Gasteiger partial charge in [-0.25, -0.2) is 9.59 Å². The van der Waals surface area contributed by atoms with Crippen molar-refractivity contribution in [1.29, 1.82) is 0 Å². The Bertz CT molecular complexity index is 1040. The molecule has 27 heavy (non-hydrogen) atoms. The molecule has 6 heteroatoms. The first-order chi connectivity index (χ1) is 12.9. The number of rotatable bonds is 5. The molecule has 0 radical (unpaired) electrons. The van der Waals surface area contributed by atoms with E-state index < -0.39 is 17.6 Å². The van der Waals surface area contributed by atoms with Gasteiger partial charge in [0.05, 0.1) is 0 Å². The number of hydrogen-bond acceptors (Lipinski definition) is 5. The first-order valence-electron chi connectivity index (χ1n) is 8.50. The molecule has 0 saturated heterocycles. The average molecular weight is 365 g/mol. The largest absolute Gasteiger partial charge is 0.459 e. The monoisotopic (exact) mass is 365 g/mol. The molecule has 0 unspecified atom stereocenters. The smallest absolute Gasteiger partial charge is 0.336 e. The van der Waals surface area contributed by atoms with Crippen LogP contribution in [-0.4, -0.2) is 17.9 Å². The molecule has 2 aromatic carbocycles. The van der Waals surface area contributed by atoms with E-state index in [1.54, 1.807) is 43.3 Å². The minimum absolute atomic E-state index is 0.0878. The van der Waals surface area contributed by atoms with Crippen LogP contribution in [0.5, 0.6) is 0 Å². The number of hydrogen-bond donors (Lipinski definition) is 1. The molecule has 0 fully saturated rings. The van der Waals surface area contributed by atoms with Crippen molar-refractivity contribution in [2.75, 3.05) is 0 Å². The van der Waals surface area contributed by atoms with Crippen LogP contribution >= 0.6 is 0 Å². The van der Waals surface area contributed by atoms with E-state index >= 15 is 0 Å². The highest BCUT2D eigenvalue weighted by Crippen LogP contribution is 2.19. The SMILES string of the molecule is Cc1ccc2c(COC(=O)[C@@H](C)NC(=O)c3ccccc3)cc(=O)oc2c1. The van der Waals surface area contributed by atoms with Gasteiger partial charge in [0, 0.05) is 22.6 Å². The van der Waals surface area contributed by atoms with E-state index in [0.717, 1.165) is 5.56 Å². The summed E-state index contributed by atoms with van der Waals surface area (Å²) in [6.07, 6.45) is 0. The maximum absolute atomic E-state index is 12.2. The normalized spacial score (nSPS) is 11.8. The van der Waals surface area contributed by atoms with Crippen molar-refractivity contribution in [2.24, 2.45) is 0 Å². The quantitative estimate of drug-likeness (QED) is 0.555. The summed E-state index contributed by atoms with van der Waals surface area (Å²) < 4.78 is 10.5. The molecule has 0 aliphatic rings. The Labute approximate surface area is 155 Å².